The molecular weight excluding hydrogens is 210 g/mol. The van der Waals surface area contributed by atoms with Gasteiger partial charge in [0.05, 0.1) is 5.69 Å². The van der Waals surface area contributed by atoms with Gasteiger partial charge in [0, 0.05) is 31.2 Å². The Morgan fingerprint density at radius 1 is 1.41 bits per heavy atom. The van der Waals surface area contributed by atoms with Gasteiger partial charge in [0.25, 0.3) is 0 Å². The number of hydrogen-bond donors (Lipinski definition) is 1. The summed E-state index contributed by atoms with van der Waals surface area (Å²) in [6.45, 7) is 9.06. The maximum Gasteiger partial charge on any atom is 0.106 e. The lowest BCUT2D eigenvalue weighted by Gasteiger charge is -2.31. The molecule has 1 atom stereocenters. The topological polar surface area (TPSA) is 29.9 Å². The van der Waals surface area contributed by atoms with Crippen LogP contribution < -0.4 is 5.32 Å². The highest BCUT2D eigenvalue weighted by atomic mass is 15.1. The molecule has 3 nitrogen and oxygen atoms in total. The average Bonchev–Trinajstić information content (AvgIpc) is 2.77. The van der Waals surface area contributed by atoms with Crippen LogP contribution in [0.5, 0.6) is 0 Å². The Labute approximate surface area is 104 Å². The monoisotopic (exact) mass is 233 g/mol. The Kier molecular flexibility index (Phi) is 2.54. The molecule has 1 aromatic heterocycles. The number of nitrogens with one attached hydrogen (secondary N) is 1. The molecule has 1 N–H and O–H groups in total. The first-order valence-electron chi connectivity index (χ1n) is 6.87. The van der Waals surface area contributed by atoms with Crippen molar-refractivity contribution in [1.29, 1.82) is 0 Å². The van der Waals surface area contributed by atoms with E-state index in [1.807, 2.05) is 0 Å². The molecular formula is C14H23N3. The van der Waals surface area contributed by atoms with Crippen molar-refractivity contribution in [2.75, 3.05) is 6.54 Å². The van der Waals surface area contributed by atoms with Gasteiger partial charge >= 0.3 is 0 Å². The molecule has 0 aromatic carbocycles. The maximum atomic E-state index is 4.76. The van der Waals surface area contributed by atoms with E-state index in [4.69, 9.17) is 4.98 Å². The van der Waals surface area contributed by atoms with Crippen molar-refractivity contribution in [1.82, 2.24) is 14.9 Å². The molecule has 1 saturated carbocycles. The summed E-state index contributed by atoms with van der Waals surface area (Å²) in [4.78, 5) is 4.76. The van der Waals surface area contributed by atoms with Gasteiger partial charge in [-0.15, -0.1) is 0 Å². The second kappa shape index (κ2) is 3.84. The van der Waals surface area contributed by atoms with Crippen molar-refractivity contribution in [3.05, 3.63) is 17.2 Å². The molecule has 94 valence electrons. The smallest absolute Gasteiger partial charge is 0.106 e. The molecule has 2 aliphatic rings. The minimum atomic E-state index is 0.435. The van der Waals surface area contributed by atoms with Crippen molar-refractivity contribution < 1.29 is 0 Å². The van der Waals surface area contributed by atoms with E-state index in [2.05, 4.69) is 30.7 Å². The normalized spacial score (nSPS) is 27.1. The summed E-state index contributed by atoms with van der Waals surface area (Å²) < 4.78 is 2.56. The van der Waals surface area contributed by atoms with Crippen molar-refractivity contribution in [2.24, 2.45) is 5.41 Å². The van der Waals surface area contributed by atoms with Crippen LogP contribution in [0.15, 0.2) is 0 Å². The van der Waals surface area contributed by atoms with Crippen LogP contribution in [0, 0.1) is 12.3 Å². The molecule has 1 unspecified atom stereocenters. The molecule has 3 heteroatoms. The molecule has 0 spiro atoms. The third-order valence-corrected chi connectivity index (χ3v) is 4.61. The molecule has 0 saturated heterocycles. The van der Waals surface area contributed by atoms with Gasteiger partial charge in [-0.05, 0) is 25.2 Å². The number of aromatic nitrogens is 2. The first-order valence-corrected chi connectivity index (χ1v) is 6.87. The highest BCUT2D eigenvalue weighted by Gasteiger charge is 2.38. The van der Waals surface area contributed by atoms with E-state index in [0.717, 1.165) is 19.5 Å². The quantitative estimate of drug-likeness (QED) is 0.808. The van der Waals surface area contributed by atoms with Crippen LogP contribution in [-0.4, -0.2) is 16.1 Å². The zero-order valence-corrected chi connectivity index (χ0v) is 11.2. The number of fused-ring (bicyclic) bond motifs is 1. The van der Waals surface area contributed by atoms with Crippen molar-refractivity contribution >= 4 is 0 Å². The van der Waals surface area contributed by atoms with E-state index >= 15 is 0 Å². The predicted molar refractivity (Wildman–Crippen MR) is 69.0 cm³/mol. The minimum absolute atomic E-state index is 0.435. The summed E-state index contributed by atoms with van der Waals surface area (Å²) in [5, 5.41) is 3.42. The fraction of sp³-hybridized carbons (Fsp3) is 0.786. The third kappa shape index (κ3) is 1.71. The SMILES string of the molecule is Cc1nc2c(n1C1CCCC1(C)C)CCNC2. The van der Waals surface area contributed by atoms with E-state index in [1.54, 1.807) is 0 Å². The first kappa shape index (κ1) is 11.3. The summed E-state index contributed by atoms with van der Waals surface area (Å²) in [5.41, 5.74) is 3.22. The summed E-state index contributed by atoms with van der Waals surface area (Å²) >= 11 is 0. The summed E-state index contributed by atoms with van der Waals surface area (Å²) in [6, 6.07) is 0.664. The van der Waals surface area contributed by atoms with Gasteiger partial charge in [0.15, 0.2) is 0 Å². The second-order valence-electron chi connectivity index (χ2n) is 6.25. The van der Waals surface area contributed by atoms with Gasteiger partial charge < -0.3 is 9.88 Å². The van der Waals surface area contributed by atoms with Crippen LogP contribution >= 0.6 is 0 Å². The molecule has 1 aliphatic carbocycles. The van der Waals surface area contributed by atoms with Crippen LogP contribution in [0.3, 0.4) is 0 Å². The Morgan fingerprint density at radius 3 is 2.94 bits per heavy atom. The summed E-state index contributed by atoms with van der Waals surface area (Å²) in [5.74, 6) is 1.22. The highest BCUT2D eigenvalue weighted by Crippen LogP contribution is 2.47. The fourth-order valence-electron chi connectivity index (χ4n) is 3.67. The Bertz CT molecular complexity index is 431. The lowest BCUT2D eigenvalue weighted by molar-refractivity contribution is 0.252. The Morgan fingerprint density at radius 2 is 2.24 bits per heavy atom. The zero-order valence-electron chi connectivity index (χ0n) is 11.2. The number of aryl methyl sites for hydroxylation is 1. The molecule has 1 aliphatic heterocycles. The maximum absolute atomic E-state index is 4.76. The Balaban J connectivity index is 2.05. The van der Waals surface area contributed by atoms with Crippen molar-refractivity contribution in [2.45, 2.75) is 59.0 Å². The van der Waals surface area contributed by atoms with E-state index < -0.39 is 0 Å². The number of imidazole rings is 1. The van der Waals surface area contributed by atoms with Crippen LogP contribution in [0.25, 0.3) is 0 Å². The van der Waals surface area contributed by atoms with Crippen LogP contribution in [-0.2, 0) is 13.0 Å². The minimum Gasteiger partial charge on any atom is -0.328 e. The number of nitrogens with zero attached hydrogens (tertiary/aromatic N) is 2. The standard InChI is InChI=1S/C14H23N3/c1-10-16-11-9-15-8-6-12(11)17(10)13-5-4-7-14(13,2)3/h13,15H,4-9H2,1-3H3. The van der Waals surface area contributed by atoms with E-state index in [9.17, 15) is 0 Å². The third-order valence-electron chi connectivity index (χ3n) is 4.61. The van der Waals surface area contributed by atoms with Crippen LogP contribution in [0.2, 0.25) is 0 Å². The number of hydrogen-bond acceptors (Lipinski definition) is 2. The molecule has 3 rings (SSSR count). The van der Waals surface area contributed by atoms with E-state index in [0.29, 0.717) is 11.5 Å². The van der Waals surface area contributed by atoms with E-state index in [-0.39, 0.29) is 0 Å². The fourth-order valence-corrected chi connectivity index (χ4v) is 3.67. The molecule has 0 amide bonds. The average molecular weight is 233 g/mol. The van der Waals surface area contributed by atoms with Gasteiger partial charge in [0.2, 0.25) is 0 Å². The first-order chi connectivity index (χ1) is 8.09. The second-order valence-corrected chi connectivity index (χ2v) is 6.25. The van der Waals surface area contributed by atoms with Gasteiger partial charge in [0.1, 0.15) is 5.82 Å². The van der Waals surface area contributed by atoms with Crippen LogP contribution in [0.4, 0.5) is 0 Å². The predicted octanol–water partition coefficient (Wildman–Crippen LogP) is 2.59. The van der Waals surface area contributed by atoms with Gasteiger partial charge in [-0.25, -0.2) is 4.98 Å². The summed E-state index contributed by atoms with van der Waals surface area (Å²) in [7, 11) is 0. The largest absolute Gasteiger partial charge is 0.328 e. The molecule has 0 bridgehead atoms. The molecule has 2 heterocycles. The molecule has 1 aromatic rings. The lowest BCUT2D eigenvalue weighted by Crippen LogP contribution is -2.29. The van der Waals surface area contributed by atoms with Crippen LogP contribution in [0.1, 0.15) is 56.4 Å². The molecule has 0 radical (unpaired) electrons. The summed E-state index contributed by atoms with van der Waals surface area (Å²) in [6.07, 6.45) is 5.18. The lowest BCUT2D eigenvalue weighted by atomic mass is 9.87. The van der Waals surface area contributed by atoms with Gasteiger partial charge in [-0.2, -0.15) is 0 Å². The van der Waals surface area contributed by atoms with E-state index in [1.165, 1.54) is 36.5 Å². The van der Waals surface area contributed by atoms with Gasteiger partial charge in [-0.3, -0.25) is 0 Å². The highest BCUT2D eigenvalue weighted by molar-refractivity contribution is 5.21. The molecule has 17 heavy (non-hydrogen) atoms. The molecule has 1 fully saturated rings. The number of rotatable bonds is 1. The van der Waals surface area contributed by atoms with Crippen molar-refractivity contribution in [3.63, 3.8) is 0 Å². The van der Waals surface area contributed by atoms with Crippen molar-refractivity contribution in [3.8, 4) is 0 Å². The zero-order chi connectivity index (χ0) is 12.0. The van der Waals surface area contributed by atoms with Gasteiger partial charge in [-0.1, -0.05) is 20.3 Å². The Hall–Kier alpha value is -0.830.